The maximum atomic E-state index is 12.3. The van der Waals surface area contributed by atoms with Gasteiger partial charge in [-0.15, -0.1) is 0 Å². The molecule has 0 aliphatic rings. The summed E-state index contributed by atoms with van der Waals surface area (Å²) in [6.07, 6.45) is 2.27. The molecule has 0 unspecified atom stereocenters. The van der Waals surface area contributed by atoms with Gasteiger partial charge in [-0.25, -0.2) is 0 Å². The molecule has 0 amide bonds. The van der Waals surface area contributed by atoms with Crippen LogP contribution in [-0.2, 0) is 40.5 Å². The Balaban J connectivity index is 0.00000756. The molecule has 0 fully saturated rings. The van der Waals surface area contributed by atoms with Crippen LogP contribution in [0.1, 0.15) is 11.1 Å². The molecule has 0 atom stereocenters. The molecule has 4 aromatic rings. The second kappa shape index (κ2) is 17.8. The second-order valence-corrected chi connectivity index (χ2v) is 16.6. The maximum Gasteiger partial charge on any atom is 0.295 e. The number of anilines is 6. The van der Waals surface area contributed by atoms with E-state index in [1.807, 2.05) is 0 Å². The molecule has 8 N–H and O–H groups in total. The Labute approximate surface area is 333 Å². The van der Waals surface area contributed by atoms with E-state index in [1.165, 1.54) is 24.3 Å². The van der Waals surface area contributed by atoms with Gasteiger partial charge in [0.05, 0.1) is 11.5 Å². The van der Waals surface area contributed by atoms with Gasteiger partial charge in [0.15, 0.2) is 0 Å². The van der Waals surface area contributed by atoms with Gasteiger partial charge in [0.25, 0.3) is 40.5 Å². The molecule has 22 nitrogen and oxygen atoms in total. The molecule has 0 saturated carbocycles. The van der Waals surface area contributed by atoms with Crippen molar-refractivity contribution >= 4 is 141 Å². The van der Waals surface area contributed by atoms with Gasteiger partial charge in [-0.3, -0.25) is 18.2 Å². The van der Waals surface area contributed by atoms with E-state index in [-0.39, 0.29) is 99.5 Å². The van der Waals surface area contributed by atoms with Crippen LogP contribution in [0.3, 0.4) is 0 Å². The molecule has 2 aromatic heterocycles. The van der Waals surface area contributed by atoms with E-state index in [1.54, 1.807) is 0 Å². The molecular formula is C24H24Cl2N10NaO12S4. The van der Waals surface area contributed by atoms with Crippen LogP contribution in [0.2, 0.25) is 10.6 Å². The Morgan fingerprint density at radius 3 is 1.21 bits per heavy atom. The minimum Gasteiger partial charge on any atom is -0.353 e. The van der Waals surface area contributed by atoms with Crippen molar-refractivity contribution < 1.29 is 51.9 Å². The van der Waals surface area contributed by atoms with Crippen molar-refractivity contribution in [1.82, 2.24) is 29.9 Å². The van der Waals surface area contributed by atoms with Crippen molar-refractivity contribution in [1.29, 1.82) is 0 Å². The van der Waals surface area contributed by atoms with Gasteiger partial charge in [-0.05, 0) is 58.6 Å². The monoisotopic (exact) mass is 865 g/mol. The fourth-order valence-electron chi connectivity index (χ4n) is 3.94. The largest absolute Gasteiger partial charge is 0.353 e. The first-order valence-corrected chi connectivity index (χ1v) is 20.6. The number of hydrogen-bond acceptors (Lipinski definition) is 18. The normalized spacial score (nSPS) is 12.3. The summed E-state index contributed by atoms with van der Waals surface area (Å²) >= 11 is 11.8. The topological polar surface area (TPSA) is 343 Å². The number of benzene rings is 2. The zero-order chi connectivity index (χ0) is 38.5. The number of halogens is 2. The first-order valence-electron chi connectivity index (χ1n) is 13.7. The summed E-state index contributed by atoms with van der Waals surface area (Å²) in [7, 11) is -18.4. The molecule has 0 aliphatic carbocycles. The molecule has 2 aromatic carbocycles. The third-order valence-corrected chi connectivity index (χ3v) is 9.64. The van der Waals surface area contributed by atoms with Gasteiger partial charge >= 0.3 is 0 Å². The van der Waals surface area contributed by atoms with Crippen molar-refractivity contribution in [3.63, 3.8) is 0 Å². The van der Waals surface area contributed by atoms with Crippen LogP contribution in [0.15, 0.2) is 46.2 Å². The van der Waals surface area contributed by atoms with E-state index in [2.05, 4.69) is 51.2 Å². The molecule has 53 heavy (non-hydrogen) atoms. The minimum atomic E-state index is -4.91. The zero-order valence-corrected chi connectivity index (χ0v) is 33.4. The molecule has 281 valence electrons. The fraction of sp³-hybridized carbons (Fsp3) is 0.167. The quantitative estimate of drug-likeness (QED) is 0.0451. The van der Waals surface area contributed by atoms with Gasteiger partial charge in [0, 0.05) is 54.0 Å². The van der Waals surface area contributed by atoms with Gasteiger partial charge in [-0.2, -0.15) is 63.6 Å². The van der Waals surface area contributed by atoms with Gasteiger partial charge in [0.2, 0.25) is 34.4 Å². The zero-order valence-electron chi connectivity index (χ0n) is 26.6. The van der Waals surface area contributed by atoms with Crippen LogP contribution < -0.4 is 21.3 Å². The standard InChI is InChI=1S/C24H24Cl2N10O12S4.Na/c25-19-31-21(27-7-9-49(37,38)39)35-23(33-19)29-15-5-3-13(17(11-15)51(43,44)45)1-2-14-4-6-16(12-18(14)52(46,47)48)30-24-34-20(26)32-22(36-24)28-8-10-50(40,41)42;/h1-6,11-12H,7-10H2,(H,37,38,39)(H,40,41,42)(H,43,44,45)(H,46,47,48)(H2,27,29,31,33,35)(H2,28,30,32,34,36);. The molecule has 0 aliphatic heterocycles. The Kier molecular flexibility index (Phi) is 14.8. The number of aromatic nitrogens is 6. The predicted molar refractivity (Wildman–Crippen MR) is 193 cm³/mol. The third kappa shape index (κ3) is 14.4. The minimum absolute atomic E-state index is 0. The number of nitrogens with one attached hydrogen (secondary N) is 4. The van der Waals surface area contributed by atoms with Crippen LogP contribution in [0, 0.1) is 0 Å². The van der Waals surface area contributed by atoms with E-state index in [0.717, 1.165) is 24.3 Å². The predicted octanol–water partition coefficient (Wildman–Crippen LogP) is 1.73. The molecule has 1 radical (unpaired) electrons. The van der Waals surface area contributed by atoms with Crippen molar-refractivity contribution in [2.24, 2.45) is 0 Å². The van der Waals surface area contributed by atoms with Crippen LogP contribution in [0.5, 0.6) is 0 Å². The number of hydrogen-bond donors (Lipinski definition) is 8. The fourth-order valence-corrected chi connectivity index (χ4v) is 6.40. The van der Waals surface area contributed by atoms with Crippen molar-refractivity contribution in [2.75, 3.05) is 45.9 Å². The van der Waals surface area contributed by atoms with Crippen molar-refractivity contribution in [3.05, 3.63) is 58.1 Å². The van der Waals surface area contributed by atoms with Crippen LogP contribution in [0.4, 0.5) is 35.2 Å². The first kappa shape index (κ1) is 44.0. The molecule has 2 heterocycles. The maximum absolute atomic E-state index is 12.3. The smallest absolute Gasteiger partial charge is 0.295 e. The summed E-state index contributed by atoms with van der Waals surface area (Å²) in [5.41, 5.74) is -0.237. The average Bonchev–Trinajstić information content (AvgIpc) is 2.98. The Morgan fingerprint density at radius 1 is 0.547 bits per heavy atom. The van der Waals surface area contributed by atoms with E-state index >= 15 is 0 Å². The Morgan fingerprint density at radius 2 is 0.887 bits per heavy atom. The molecule has 0 saturated heterocycles. The Hall–Kier alpha value is -3.38. The van der Waals surface area contributed by atoms with E-state index < -0.39 is 61.8 Å². The summed E-state index contributed by atoms with van der Waals surface area (Å²) in [6.45, 7) is -0.580. The molecule has 0 bridgehead atoms. The molecule has 0 spiro atoms. The van der Waals surface area contributed by atoms with Crippen LogP contribution in [-0.4, -0.2) is 136 Å². The van der Waals surface area contributed by atoms with E-state index in [4.69, 9.17) is 32.3 Å². The van der Waals surface area contributed by atoms with Crippen LogP contribution >= 0.6 is 23.2 Å². The number of nitrogens with zero attached hydrogens (tertiary/aromatic N) is 6. The molecule has 29 heteroatoms. The summed E-state index contributed by atoms with van der Waals surface area (Å²) in [6, 6.07) is 7.09. The molecule has 4 rings (SSSR count). The van der Waals surface area contributed by atoms with Gasteiger partial charge < -0.3 is 21.3 Å². The first-order chi connectivity index (χ1) is 24.0. The Bertz CT molecular complexity index is 2310. The van der Waals surface area contributed by atoms with Crippen molar-refractivity contribution in [3.8, 4) is 0 Å². The second-order valence-electron chi connectivity index (χ2n) is 9.97. The molecular weight excluding hydrogens is 842 g/mol. The average molecular weight is 867 g/mol. The number of rotatable bonds is 16. The summed E-state index contributed by atoms with van der Waals surface area (Å²) in [4.78, 5) is 21.8. The van der Waals surface area contributed by atoms with E-state index in [0.29, 0.717) is 0 Å². The summed E-state index contributed by atoms with van der Waals surface area (Å²) in [5, 5.41) is 9.64. The SMILES string of the molecule is O=S(=O)(O)CCNc1nc(Cl)nc(Nc2ccc(C=Cc3ccc(Nc4nc(Cl)nc(NCCS(=O)(=O)O)n4)cc3S(=O)(=O)O)c(S(=O)(=O)O)c2)n1.[Na]. The third-order valence-electron chi connectivity index (χ3n) is 6.04. The van der Waals surface area contributed by atoms with Crippen molar-refractivity contribution in [2.45, 2.75) is 9.79 Å². The van der Waals surface area contributed by atoms with Gasteiger partial charge in [-0.1, -0.05) is 24.3 Å². The van der Waals surface area contributed by atoms with Crippen LogP contribution in [0.25, 0.3) is 12.2 Å². The summed E-state index contributed by atoms with van der Waals surface area (Å²) < 4.78 is 131. The van der Waals surface area contributed by atoms with Gasteiger partial charge in [0.1, 0.15) is 9.79 Å². The van der Waals surface area contributed by atoms with E-state index in [9.17, 15) is 42.8 Å². The summed E-state index contributed by atoms with van der Waals surface area (Å²) in [5.74, 6) is -2.17.